The molecular formula is C14H18BrN3. The molecule has 4 heteroatoms. The molecule has 1 N–H and O–H groups in total. The standard InChI is InChI=1S/C14H18BrN3/c1-10(2)13-6-7-18(17-13)14-5-4-12(15)8-11(14)9-16-3/h4-8,10,16H,9H2,1-3H3. The van der Waals surface area contributed by atoms with Crippen molar-refractivity contribution in [2.45, 2.75) is 26.3 Å². The molecule has 0 aliphatic heterocycles. The van der Waals surface area contributed by atoms with Crippen LogP contribution in [-0.2, 0) is 6.54 Å². The maximum Gasteiger partial charge on any atom is 0.0691 e. The molecule has 3 nitrogen and oxygen atoms in total. The molecule has 96 valence electrons. The van der Waals surface area contributed by atoms with E-state index in [1.165, 1.54) is 5.56 Å². The Balaban J connectivity index is 2.42. The van der Waals surface area contributed by atoms with Crippen LogP contribution in [0.2, 0.25) is 0 Å². The van der Waals surface area contributed by atoms with Crippen molar-refractivity contribution in [3.8, 4) is 5.69 Å². The molecule has 0 spiro atoms. The zero-order valence-corrected chi connectivity index (χ0v) is 12.5. The van der Waals surface area contributed by atoms with Crippen LogP contribution < -0.4 is 5.32 Å². The minimum atomic E-state index is 0.453. The molecule has 1 aromatic heterocycles. The highest BCUT2D eigenvalue weighted by Gasteiger charge is 2.08. The van der Waals surface area contributed by atoms with E-state index in [1.807, 2.05) is 24.0 Å². The number of hydrogen-bond donors (Lipinski definition) is 1. The minimum Gasteiger partial charge on any atom is -0.316 e. The van der Waals surface area contributed by atoms with E-state index in [1.54, 1.807) is 0 Å². The fourth-order valence-corrected chi connectivity index (χ4v) is 2.30. The summed E-state index contributed by atoms with van der Waals surface area (Å²) in [5.74, 6) is 0.453. The molecule has 0 aliphatic carbocycles. The lowest BCUT2D eigenvalue weighted by Crippen LogP contribution is -2.09. The lowest BCUT2D eigenvalue weighted by molar-refractivity contribution is 0.751. The molecule has 1 heterocycles. The summed E-state index contributed by atoms with van der Waals surface area (Å²) in [7, 11) is 1.95. The number of halogens is 1. The first-order chi connectivity index (χ1) is 8.61. The highest BCUT2D eigenvalue weighted by molar-refractivity contribution is 9.10. The predicted molar refractivity (Wildman–Crippen MR) is 78.1 cm³/mol. The molecule has 0 unspecified atom stereocenters. The maximum atomic E-state index is 4.63. The van der Waals surface area contributed by atoms with E-state index in [-0.39, 0.29) is 0 Å². The van der Waals surface area contributed by atoms with E-state index >= 15 is 0 Å². The topological polar surface area (TPSA) is 29.9 Å². The van der Waals surface area contributed by atoms with Crippen LogP contribution in [0.4, 0.5) is 0 Å². The number of benzene rings is 1. The Bertz CT molecular complexity index is 532. The zero-order chi connectivity index (χ0) is 13.1. The molecule has 0 atom stereocenters. The summed E-state index contributed by atoms with van der Waals surface area (Å²) in [5.41, 5.74) is 3.47. The van der Waals surface area contributed by atoms with Gasteiger partial charge in [0.05, 0.1) is 11.4 Å². The third-order valence-electron chi connectivity index (χ3n) is 2.86. The van der Waals surface area contributed by atoms with Crippen LogP contribution in [0.5, 0.6) is 0 Å². The van der Waals surface area contributed by atoms with Gasteiger partial charge in [-0.05, 0) is 42.8 Å². The molecule has 18 heavy (non-hydrogen) atoms. The Morgan fingerprint density at radius 2 is 2.11 bits per heavy atom. The van der Waals surface area contributed by atoms with E-state index in [9.17, 15) is 0 Å². The lowest BCUT2D eigenvalue weighted by Gasteiger charge is -2.10. The third kappa shape index (κ3) is 2.82. The van der Waals surface area contributed by atoms with Crippen LogP contribution in [0.25, 0.3) is 5.69 Å². The largest absolute Gasteiger partial charge is 0.316 e. The van der Waals surface area contributed by atoms with Crippen molar-refractivity contribution in [3.05, 3.63) is 46.2 Å². The Morgan fingerprint density at radius 3 is 2.72 bits per heavy atom. The zero-order valence-electron chi connectivity index (χ0n) is 10.9. The Morgan fingerprint density at radius 1 is 1.33 bits per heavy atom. The summed E-state index contributed by atoms with van der Waals surface area (Å²) in [6, 6.07) is 8.34. The lowest BCUT2D eigenvalue weighted by atomic mass is 10.1. The first-order valence-corrected chi connectivity index (χ1v) is 6.90. The average molecular weight is 308 g/mol. The van der Waals surface area contributed by atoms with E-state index in [0.717, 1.165) is 22.4 Å². The minimum absolute atomic E-state index is 0.453. The summed E-state index contributed by atoms with van der Waals surface area (Å²) >= 11 is 3.51. The van der Waals surface area contributed by atoms with Crippen LogP contribution in [0.1, 0.15) is 31.0 Å². The SMILES string of the molecule is CNCc1cc(Br)ccc1-n1ccc(C(C)C)n1. The summed E-state index contributed by atoms with van der Waals surface area (Å²) in [5, 5.41) is 7.82. The van der Waals surface area contributed by atoms with Crippen LogP contribution in [0.15, 0.2) is 34.9 Å². The molecule has 2 rings (SSSR count). The van der Waals surface area contributed by atoms with Gasteiger partial charge in [-0.3, -0.25) is 0 Å². The molecule has 0 aliphatic rings. The molecule has 2 aromatic rings. The number of hydrogen-bond acceptors (Lipinski definition) is 2. The second-order valence-electron chi connectivity index (χ2n) is 4.64. The average Bonchev–Trinajstić information content (AvgIpc) is 2.79. The van der Waals surface area contributed by atoms with Crippen LogP contribution in [0.3, 0.4) is 0 Å². The van der Waals surface area contributed by atoms with E-state index in [0.29, 0.717) is 5.92 Å². The second-order valence-corrected chi connectivity index (χ2v) is 5.56. The van der Waals surface area contributed by atoms with Gasteiger partial charge in [-0.25, -0.2) is 4.68 Å². The molecule has 1 aromatic carbocycles. The van der Waals surface area contributed by atoms with Crippen molar-refractivity contribution in [3.63, 3.8) is 0 Å². The summed E-state index contributed by atoms with van der Waals surface area (Å²) < 4.78 is 3.04. The molecule has 0 saturated heterocycles. The molecule has 0 radical (unpaired) electrons. The monoisotopic (exact) mass is 307 g/mol. The summed E-state index contributed by atoms with van der Waals surface area (Å²) in [6.07, 6.45) is 2.03. The van der Waals surface area contributed by atoms with Crippen molar-refractivity contribution in [2.75, 3.05) is 7.05 Å². The molecule has 0 amide bonds. The van der Waals surface area contributed by atoms with Crippen molar-refractivity contribution >= 4 is 15.9 Å². The van der Waals surface area contributed by atoms with Crippen molar-refractivity contribution < 1.29 is 0 Å². The smallest absolute Gasteiger partial charge is 0.0691 e. The second kappa shape index (κ2) is 5.67. The highest BCUT2D eigenvalue weighted by Crippen LogP contribution is 2.21. The van der Waals surface area contributed by atoms with Crippen molar-refractivity contribution in [1.82, 2.24) is 15.1 Å². The summed E-state index contributed by atoms with van der Waals surface area (Å²) in [6.45, 7) is 5.14. The molecule has 0 fully saturated rings. The molecular weight excluding hydrogens is 290 g/mol. The number of aromatic nitrogens is 2. The van der Waals surface area contributed by atoms with Gasteiger partial charge >= 0.3 is 0 Å². The van der Waals surface area contributed by atoms with Crippen LogP contribution in [-0.4, -0.2) is 16.8 Å². The predicted octanol–water partition coefficient (Wildman–Crippen LogP) is 3.48. The number of nitrogens with zero attached hydrogens (tertiary/aromatic N) is 2. The van der Waals surface area contributed by atoms with Gasteiger partial charge in [0.25, 0.3) is 0 Å². The van der Waals surface area contributed by atoms with Crippen LogP contribution >= 0.6 is 15.9 Å². The Labute approximate surface area is 116 Å². The first-order valence-electron chi connectivity index (χ1n) is 6.10. The van der Waals surface area contributed by atoms with Gasteiger partial charge in [0, 0.05) is 17.2 Å². The van der Waals surface area contributed by atoms with Gasteiger partial charge in [-0.15, -0.1) is 0 Å². The van der Waals surface area contributed by atoms with Gasteiger partial charge in [0.1, 0.15) is 0 Å². The van der Waals surface area contributed by atoms with Gasteiger partial charge in [0.15, 0.2) is 0 Å². The molecule has 0 bridgehead atoms. The first kappa shape index (κ1) is 13.3. The normalized spacial score (nSPS) is 11.2. The fraction of sp³-hybridized carbons (Fsp3) is 0.357. The Hall–Kier alpha value is -1.13. The van der Waals surface area contributed by atoms with Gasteiger partial charge in [0.2, 0.25) is 0 Å². The third-order valence-corrected chi connectivity index (χ3v) is 3.35. The van der Waals surface area contributed by atoms with Gasteiger partial charge < -0.3 is 5.32 Å². The highest BCUT2D eigenvalue weighted by atomic mass is 79.9. The van der Waals surface area contributed by atoms with Crippen molar-refractivity contribution in [2.24, 2.45) is 0 Å². The Kier molecular flexibility index (Phi) is 4.19. The summed E-state index contributed by atoms with van der Waals surface area (Å²) in [4.78, 5) is 0. The quantitative estimate of drug-likeness (QED) is 0.937. The van der Waals surface area contributed by atoms with E-state index < -0.39 is 0 Å². The van der Waals surface area contributed by atoms with Crippen molar-refractivity contribution in [1.29, 1.82) is 0 Å². The fourth-order valence-electron chi connectivity index (χ4n) is 1.89. The van der Waals surface area contributed by atoms with E-state index in [2.05, 4.69) is 58.4 Å². The number of rotatable bonds is 4. The van der Waals surface area contributed by atoms with Gasteiger partial charge in [-0.1, -0.05) is 29.8 Å². The van der Waals surface area contributed by atoms with E-state index in [4.69, 9.17) is 0 Å². The van der Waals surface area contributed by atoms with Crippen LogP contribution in [0, 0.1) is 0 Å². The maximum absolute atomic E-state index is 4.63. The van der Waals surface area contributed by atoms with Gasteiger partial charge in [-0.2, -0.15) is 5.10 Å². The molecule has 0 saturated carbocycles. The number of nitrogens with one attached hydrogen (secondary N) is 1.